The van der Waals surface area contributed by atoms with E-state index in [4.69, 9.17) is 57.2 Å². The lowest BCUT2D eigenvalue weighted by molar-refractivity contribution is -0.0298. The molecule has 13 heteroatoms. The lowest BCUT2D eigenvalue weighted by Crippen LogP contribution is -2.18. The Kier molecular flexibility index (Phi) is 46.0. The fourth-order valence-electron chi connectivity index (χ4n) is 4.61. The summed E-state index contributed by atoms with van der Waals surface area (Å²) in [6, 6.07) is 0. The Morgan fingerprint density at radius 2 is 0.560 bits per heavy atom. The van der Waals surface area contributed by atoms with Crippen molar-refractivity contribution in [3.8, 4) is 0 Å². The zero-order valence-electron chi connectivity index (χ0n) is 31.7. The summed E-state index contributed by atoms with van der Waals surface area (Å²) in [5.41, 5.74) is 0. The summed E-state index contributed by atoms with van der Waals surface area (Å²) in [5, 5.41) is 18.7. The maximum absolute atomic E-state index is 10.1. The standard InChI is InChI=1S/C37H76O13/c1-2-3-4-5-6-7-8-9-10-11-12-13-37(39)36-50-35-34-49-33-32-48-31-30-47-29-28-46-27-26-45-25-24-44-23-22-43-21-20-42-19-18-41-17-16-40-15-14-38/h37-39H,2-36H2,1H3. The third-order valence-electron chi connectivity index (χ3n) is 7.41. The molecule has 0 saturated heterocycles. The molecule has 0 saturated carbocycles. The van der Waals surface area contributed by atoms with E-state index >= 15 is 0 Å². The molecule has 0 amide bonds. The van der Waals surface area contributed by atoms with Gasteiger partial charge < -0.3 is 62.3 Å². The van der Waals surface area contributed by atoms with E-state index in [0.29, 0.717) is 145 Å². The minimum Gasteiger partial charge on any atom is -0.394 e. The molecule has 0 fully saturated rings. The largest absolute Gasteiger partial charge is 0.394 e. The van der Waals surface area contributed by atoms with E-state index in [-0.39, 0.29) is 12.7 Å². The first-order valence-electron chi connectivity index (χ1n) is 19.4. The molecule has 1 unspecified atom stereocenters. The molecule has 302 valence electrons. The van der Waals surface area contributed by atoms with E-state index in [1.54, 1.807) is 0 Å². The van der Waals surface area contributed by atoms with E-state index in [2.05, 4.69) is 6.92 Å². The predicted octanol–water partition coefficient (Wildman–Crippen LogP) is 4.22. The van der Waals surface area contributed by atoms with Gasteiger partial charge >= 0.3 is 0 Å². The van der Waals surface area contributed by atoms with Crippen LogP contribution in [0.3, 0.4) is 0 Å². The van der Waals surface area contributed by atoms with E-state index in [9.17, 15) is 5.11 Å². The van der Waals surface area contributed by atoms with Gasteiger partial charge in [-0.15, -0.1) is 0 Å². The van der Waals surface area contributed by atoms with Gasteiger partial charge in [-0.25, -0.2) is 0 Å². The van der Waals surface area contributed by atoms with Crippen LogP contribution in [0.25, 0.3) is 0 Å². The maximum Gasteiger partial charge on any atom is 0.0773 e. The van der Waals surface area contributed by atoms with Crippen molar-refractivity contribution in [3.63, 3.8) is 0 Å². The summed E-state index contributed by atoms with van der Waals surface area (Å²) >= 11 is 0. The molecule has 0 aliphatic heterocycles. The Morgan fingerprint density at radius 3 is 0.840 bits per heavy atom. The fraction of sp³-hybridized carbons (Fsp3) is 1.00. The highest BCUT2D eigenvalue weighted by Gasteiger charge is 2.04. The summed E-state index contributed by atoms with van der Waals surface area (Å²) in [4.78, 5) is 0. The zero-order chi connectivity index (χ0) is 36.1. The number of unbranched alkanes of at least 4 members (excludes halogenated alkanes) is 10. The van der Waals surface area contributed by atoms with Gasteiger partial charge in [-0.1, -0.05) is 77.6 Å². The van der Waals surface area contributed by atoms with Crippen LogP contribution in [-0.2, 0) is 52.1 Å². The summed E-state index contributed by atoms with van der Waals surface area (Å²) < 4.78 is 59.8. The van der Waals surface area contributed by atoms with Crippen LogP contribution in [0.2, 0.25) is 0 Å². The van der Waals surface area contributed by atoms with Gasteiger partial charge in [0, 0.05) is 0 Å². The Bertz CT molecular complexity index is 592. The summed E-state index contributed by atoms with van der Waals surface area (Å²) in [7, 11) is 0. The molecule has 50 heavy (non-hydrogen) atoms. The number of hydrogen-bond donors (Lipinski definition) is 2. The summed E-state index contributed by atoms with van der Waals surface area (Å²) in [6.07, 6.45) is 14.9. The molecule has 2 N–H and O–H groups in total. The fourth-order valence-corrected chi connectivity index (χ4v) is 4.61. The molecule has 1 atom stereocenters. The first-order valence-corrected chi connectivity index (χ1v) is 19.4. The highest BCUT2D eigenvalue weighted by atomic mass is 16.6. The monoisotopic (exact) mass is 729 g/mol. The molecule has 0 bridgehead atoms. The van der Waals surface area contributed by atoms with Crippen molar-refractivity contribution in [2.75, 3.05) is 152 Å². The highest BCUT2D eigenvalue weighted by Crippen LogP contribution is 2.12. The minimum atomic E-state index is -0.385. The molecule has 0 radical (unpaired) electrons. The molecule has 0 aromatic rings. The van der Waals surface area contributed by atoms with E-state index in [0.717, 1.165) is 12.8 Å². The second-order valence-corrected chi connectivity index (χ2v) is 11.9. The first-order chi connectivity index (χ1) is 24.8. The van der Waals surface area contributed by atoms with Crippen molar-refractivity contribution in [3.05, 3.63) is 0 Å². The van der Waals surface area contributed by atoms with Crippen molar-refractivity contribution < 1.29 is 62.3 Å². The van der Waals surface area contributed by atoms with Crippen LogP contribution in [0, 0.1) is 0 Å². The van der Waals surface area contributed by atoms with Crippen molar-refractivity contribution in [1.29, 1.82) is 0 Å². The molecule has 0 spiro atoms. The number of rotatable bonds is 46. The second-order valence-electron chi connectivity index (χ2n) is 11.9. The van der Waals surface area contributed by atoms with Gasteiger partial charge in [-0.05, 0) is 6.42 Å². The van der Waals surface area contributed by atoms with Gasteiger partial charge in [0.15, 0.2) is 0 Å². The van der Waals surface area contributed by atoms with E-state index in [1.807, 2.05) is 0 Å². The minimum absolute atomic E-state index is 0.0252. The lowest BCUT2D eigenvalue weighted by Gasteiger charge is -2.11. The predicted molar refractivity (Wildman–Crippen MR) is 193 cm³/mol. The summed E-state index contributed by atoms with van der Waals surface area (Å²) in [5.74, 6) is 0. The van der Waals surface area contributed by atoms with Crippen LogP contribution in [0.1, 0.15) is 84.0 Å². The Morgan fingerprint density at radius 1 is 0.320 bits per heavy atom. The lowest BCUT2D eigenvalue weighted by atomic mass is 10.0. The molecule has 0 heterocycles. The molecule has 13 nitrogen and oxygen atoms in total. The third-order valence-corrected chi connectivity index (χ3v) is 7.41. The van der Waals surface area contributed by atoms with Crippen molar-refractivity contribution in [2.24, 2.45) is 0 Å². The van der Waals surface area contributed by atoms with Gasteiger partial charge in [0.25, 0.3) is 0 Å². The average Bonchev–Trinajstić information content (AvgIpc) is 3.12. The van der Waals surface area contributed by atoms with Gasteiger partial charge in [0.1, 0.15) is 0 Å². The number of aliphatic hydroxyl groups excluding tert-OH is 2. The van der Waals surface area contributed by atoms with Crippen LogP contribution in [0.15, 0.2) is 0 Å². The van der Waals surface area contributed by atoms with E-state index < -0.39 is 0 Å². The normalized spacial score (nSPS) is 12.3. The average molecular weight is 729 g/mol. The van der Waals surface area contributed by atoms with Crippen molar-refractivity contribution in [1.82, 2.24) is 0 Å². The highest BCUT2D eigenvalue weighted by molar-refractivity contribution is 4.55. The van der Waals surface area contributed by atoms with Crippen LogP contribution in [-0.4, -0.2) is 168 Å². The number of aliphatic hydroxyl groups is 2. The Hall–Kier alpha value is -0.520. The molecule has 0 aliphatic rings. The molecule has 0 aromatic heterocycles. The smallest absolute Gasteiger partial charge is 0.0773 e. The van der Waals surface area contributed by atoms with Gasteiger partial charge in [0.05, 0.1) is 158 Å². The van der Waals surface area contributed by atoms with Crippen molar-refractivity contribution >= 4 is 0 Å². The zero-order valence-corrected chi connectivity index (χ0v) is 31.7. The van der Waals surface area contributed by atoms with Crippen LogP contribution in [0.4, 0.5) is 0 Å². The number of hydrogen-bond acceptors (Lipinski definition) is 13. The third kappa shape index (κ3) is 45.5. The van der Waals surface area contributed by atoms with Gasteiger partial charge in [0.2, 0.25) is 0 Å². The molecular formula is C37H76O13. The molecule has 0 aromatic carbocycles. The molecule has 0 aliphatic carbocycles. The quantitative estimate of drug-likeness (QED) is 0.0865. The van der Waals surface area contributed by atoms with Crippen LogP contribution >= 0.6 is 0 Å². The van der Waals surface area contributed by atoms with Crippen LogP contribution in [0.5, 0.6) is 0 Å². The summed E-state index contributed by atoms with van der Waals surface area (Å²) in [6.45, 7) is 13.0. The Labute approximate surface area is 304 Å². The van der Waals surface area contributed by atoms with Gasteiger partial charge in [-0.2, -0.15) is 0 Å². The van der Waals surface area contributed by atoms with Crippen molar-refractivity contribution in [2.45, 2.75) is 90.1 Å². The number of ether oxygens (including phenoxy) is 11. The Balaban J connectivity index is 3.11. The topological polar surface area (TPSA) is 142 Å². The van der Waals surface area contributed by atoms with Crippen LogP contribution < -0.4 is 0 Å². The van der Waals surface area contributed by atoms with E-state index in [1.165, 1.54) is 64.2 Å². The maximum atomic E-state index is 10.1. The molecule has 0 rings (SSSR count). The SMILES string of the molecule is CCCCCCCCCCCCCC(O)COCCOCCOCCOCCOCCOCCOCCOCCOCCOCCOCCO. The second kappa shape index (κ2) is 46.5. The first kappa shape index (κ1) is 49.5. The molecular weight excluding hydrogens is 652 g/mol. The van der Waals surface area contributed by atoms with Gasteiger partial charge in [-0.3, -0.25) is 0 Å².